The summed E-state index contributed by atoms with van der Waals surface area (Å²) >= 11 is 6.14. The summed E-state index contributed by atoms with van der Waals surface area (Å²) in [5.41, 5.74) is 2.32. The Morgan fingerprint density at radius 1 is 1.35 bits per heavy atom. The van der Waals surface area contributed by atoms with E-state index < -0.39 is 5.82 Å². The third kappa shape index (κ3) is 1.98. The van der Waals surface area contributed by atoms with Gasteiger partial charge in [0.05, 0.1) is 10.6 Å². The van der Waals surface area contributed by atoms with Crippen LogP contribution in [0.25, 0.3) is 22.4 Å². The van der Waals surface area contributed by atoms with Crippen molar-refractivity contribution < 1.29 is 13.6 Å². The SMILES string of the molecule is Cc1cnc2cc(-c3ccc(C=O)cc3F)oc2c1Cl. The molecule has 0 N–H and O–H groups in total. The molecule has 5 heteroatoms. The number of furan rings is 1. The average Bonchev–Trinajstić information content (AvgIpc) is 2.87. The molecule has 100 valence electrons. The fourth-order valence-corrected chi connectivity index (χ4v) is 2.16. The van der Waals surface area contributed by atoms with E-state index >= 15 is 0 Å². The molecule has 0 aliphatic heterocycles. The van der Waals surface area contributed by atoms with Crippen molar-refractivity contribution in [2.45, 2.75) is 6.92 Å². The van der Waals surface area contributed by atoms with Crippen molar-refractivity contribution in [1.82, 2.24) is 4.98 Å². The molecule has 0 saturated carbocycles. The summed E-state index contributed by atoms with van der Waals surface area (Å²) in [6.45, 7) is 1.82. The minimum atomic E-state index is -0.526. The Kier molecular flexibility index (Phi) is 3.03. The van der Waals surface area contributed by atoms with E-state index in [1.54, 1.807) is 12.3 Å². The van der Waals surface area contributed by atoms with E-state index in [2.05, 4.69) is 4.98 Å². The maximum Gasteiger partial charge on any atom is 0.172 e. The Morgan fingerprint density at radius 3 is 2.85 bits per heavy atom. The summed E-state index contributed by atoms with van der Waals surface area (Å²) in [5, 5.41) is 0.464. The lowest BCUT2D eigenvalue weighted by Crippen LogP contribution is -1.86. The zero-order valence-electron chi connectivity index (χ0n) is 10.5. The van der Waals surface area contributed by atoms with Gasteiger partial charge < -0.3 is 4.42 Å². The molecule has 2 heterocycles. The van der Waals surface area contributed by atoms with Crippen LogP contribution in [0.2, 0.25) is 5.02 Å². The molecule has 0 aliphatic rings. The zero-order chi connectivity index (χ0) is 14.3. The van der Waals surface area contributed by atoms with Gasteiger partial charge in [-0.25, -0.2) is 4.39 Å². The Labute approximate surface area is 119 Å². The number of hydrogen-bond acceptors (Lipinski definition) is 3. The van der Waals surface area contributed by atoms with Crippen molar-refractivity contribution in [2.75, 3.05) is 0 Å². The molecule has 0 bridgehead atoms. The molecule has 0 spiro atoms. The summed E-state index contributed by atoms with van der Waals surface area (Å²) in [6.07, 6.45) is 2.23. The average molecular weight is 290 g/mol. The van der Waals surface area contributed by atoms with Gasteiger partial charge in [0.2, 0.25) is 0 Å². The zero-order valence-corrected chi connectivity index (χ0v) is 11.2. The van der Waals surface area contributed by atoms with Crippen LogP contribution in [0.1, 0.15) is 15.9 Å². The molecule has 1 aromatic carbocycles. The van der Waals surface area contributed by atoms with E-state index in [1.165, 1.54) is 12.1 Å². The van der Waals surface area contributed by atoms with E-state index in [0.29, 0.717) is 28.2 Å². The molecule has 0 fully saturated rings. The van der Waals surface area contributed by atoms with Gasteiger partial charge in [-0.1, -0.05) is 17.7 Å². The molecule has 0 saturated heterocycles. The lowest BCUT2D eigenvalue weighted by molar-refractivity contribution is 0.112. The van der Waals surface area contributed by atoms with Gasteiger partial charge in [0.15, 0.2) is 5.58 Å². The number of benzene rings is 1. The summed E-state index contributed by atoms with van der Waals surface area (Å²) in [6, 6.07) is 5.81. The third-order valence-electron chi connectivity index (χ3n) is 3.05. The van der Waals surface area contributed by atoms with Crippen LogP contribution in [-0.4, -0.2) is 11.3 Å². The summed E-state index contributed by atoms with van der Waals surface area (Å²) < 4.78 is 19.6. The van der Waals surface area contributed by atoms with Crippen LogP contribution in [0.4, 0.5) is 4.39 Å². The number of carbonyl (C=O) groups is 1. The number of halogens is 2. The first-order valence-electron chi connectivity index (χ1n) is 5.90. The number of aldehydes is 1. The fraction of sp³-hybridized carbons (Fsp3) is 0.0667. The normalized spacial score (nSPS) is 10.9. The van der Waals surface area contributed by atoms with Crippen molar-refractivity contribution in [1.29, 1.82) is 0 Å². The van der Waals surface area contributed by atoms with Gasteiger partial charge in [-0.05, 0) is 24.6 Å². The predicted octanol–water partition coefficient (Wildman–Crippen LogP) is 4.41. The van der Waals surface area contributed by atoms with Crippen molar-refractivity contribution in [3.05, 3.63) is 52.4 Å². The third-order valence-corrected chi connectivity index (χ3v) is 3.52. The van der Waals surface area contributed by atoms with Crippen LogP contribution < -0.4 is 0 Å². The lowest BCUT2D eigenvalue weighted by Gasteiger charge is -2.00. The maximum atomic E-state index is 14.0. The van der Waals surface area contributed by atoms with Gasteiger partial charge in [-0.3, -0.25) is 9.78 Å². The van der Waals surface area contributed by atoms with Gasteiger partial charge in [0.25, 0.3) is 0 Å². The summed E-state index contributed by atoms with van der Waals surface area (Å²) in [7, 11) is 0. The van der Waals surface area contributed by atoms with Gasteiger partial charge in [0.1, 0.15) is 23.4 Å². The molecule has 0 atom stereocenters. The van der Waals surface area contributed by atoms with Crippen LogP contribution in [0, 0.1) is 12.7 Å². The van der Waals surface area contributed by atoms with E-state index in [9.17, 15) is 9.18 Å². The van der Waals surface area contributed by atoms with E-state index in [-0.39, 0.29) is 11.1 Å². The van der Waals surface area contributed by atoms with Gasteiger partial charge in [-0.2, -0.15) is 0 Å². The van der Waals surface area contributed by atoms with E-state index in [0.717, 1.165) is 11.6 Å². The topological polar surface area (TPSA) is 43.1 Å². The molecule has 3 nitrogen and oxygen atoms in total. The van der Waals surface area contributed by atoms with Gasteiger partial charge in [0, 0.05) is 17.8 Å². The maximum absolute atomic E-state index is 14.0. The molecular weight excluding hydrogens is 281 g/mol. The van der Waals surface area contributed by atoms with Crippen molar-refractivity contribution in [2.24, 2.45) is 0 Å². The highest BCUT2D eigenvalue weighted by atomic mass is 35.5. The van der Waals surface area contributed by atoms with Crippen LogP contribution in [0.3, 0.4) is 0 Å². The standard InChI is InChI=1S/C15H9ClFNO2/c1-8-6-18-12-5-13(20-15(12)14(8)16)10-3-2-9(7-19)4-11(10)17/h2-7H,1H3. The number of fused-ring (bicyclic) bond motifs is 1. The number of hydrogen-bond donors (Lipinski definition) is 0. The molecule has 0 aliphatic carbocycles. The number of aryl methyl sites for hydroxylation is 1. The van der Waals surface area contributed by atoms with Crippen LogP contribution in [0.5, 0.6) is 0 Å². The number of pyridine rings is 1. The Balaban J connectivity index is 2.20. The second-order valence-electron chi connectivity index (χ2n) is 4.44. The first-order valence-corrected chi connectivity index (χ1v) is 6.27. The predicted molar refractivity (Wildman–Crippen MR) is 74.5 cm³/mol. The highest BCUT2D eigenvalue weighted by Crippen LogP contribution is 2.33. The first-order chi connectivity index (χ1) is 9.60. The van der Waals surface area contributed by atoms with E-state index in [4.69, 9.17) is 16.0 Å². The smallest absolute Gasteiger partial charge is 0.172 e. The van der Waals surface area contributed by atoms with E-state index in [1.807, 2.05) is 6.92 Å². The molecular formula is C15H9ClFNO2. The highest BCUT2D eigenvalue weighted by Gasteiger charge is 2.14. The van der Waals surface area contributed by atoms with Crippen molar-refractivity contribution in [3.8, 4) is 11.3 Å². The Bertz CT molecular complexity index is 826. The molecule has 0 amide bonds. The second kappa shape index (κ2) is 4.72. The number of rotatable bonds is 2. The molecule has 0 radical (unpaired) electrons. The monoisotopic (exact) mass is 289 g/mol. The number of carbonyl (C=O) groups excluding carboxylic acids is 1. The molecule has 20 heavy (non-hydrogen) atoms. The van der Waals surface area contributed by atoms with Crippen LogP contribution in [-0.2, 0) is 0 Å². The quantitative estimate of drug-likeness (QED) is 0.656. The molecule has 2 aromatic heterocycles. The van der Waals surface area contributed by atoms with Gasteiger partial charge >= 0.3 is 0 Å². The Hall–Kier alpha value is -2.20. The van der Waals surface area contributed by atoms with Crippen molar-refractivity contribution in [3.63, 3.8) is 0 Å². The second-order valence-corrected chi connectivity index (χ2v) is 4.82. The highest BCUT2D eigenvalue weighted by molar-refractivity contribution is 6.35. The lowest BCUT2D eigenvalue weighted by atomic mass is 10.1. The first kappa shape index (κ1) is 12.8. The molecule has 3 rings (SSSR count). The fourth-order valence-electron chi connectivity index (χ4n) is 1.97. The molecule has 0 unspecified atom stereocenters. The van der Waals surface area contributed by atoms with Crippen molar-refractivity contribution >= 4 is 29.0 Å². The minimum absolute atomic E-state index is 0.266. The minimum Gasteiger partial charge on any atom is -0.453 e. The van der Waals surface area contributed by atoms with Gasteiger partial charge in [-0.15, -0.1) is 0 Å². The summed E-state index contributed by atoms with van der Waals surface area (Å²) in [5.74, 6) is -0.198. The van der Waals surface area contributed by atoms with Crippen LogP contribution in [0.15, 0.2) is 34.9 Å². The summed E-state index contributed by atoms with van der Waals surface area (Å²) in [4.78, 5) is 14.8. The number of nitrogens with zero attached hydrogens (tertiary/aromatic N) is 1. The number of aromatic nitrogens is 1. The van der Waals surface area contributed by atoms with Crippen LogP contribution >= 0.6 is 11.6 Å². The Morgan fingerprint density at radius 2 is 2.15 bits per heavy atom. The largest absolute Gasteiger partial charge is 0.453 e. The molecule has 3 aromatic rings.